The number of para-hydroxylation sites is 1. The number of benzene rings is 2. The molecule has 0 unspecified atom stereocenters. The van der Waals surface area contributed by atoms with Gasteiger partial charge in [0.2, 0.25) is 0 Å². The molecule has 136 valence electrons. The lowest BCUT2D eigenvalue weighted by Crippen LogP contribution is -2.10. The van der Waals surface area contributed by atoms with E-state index < -0.39 is 0 Å². The molecular formula is C20H15ClN2O3S. The van der Waals surface area contributed by atoms with Crippen LogP contribution in [0.25, 0.3) is 10.2 Å². The minimum absolute atomic E-state index is 0.178. The molecule has 2 aromatic heterocycles. The van der Waals surface area contributed by atoms with Gasteiger partial charge in [0.25, 0.3) is 5.91 Å². The van der Waals surface area contributed by atoms with E-state index in [1.165, 1.54) is 11.3 Å². The summed E-state index contributed by atoms with van der Waals surface area (Å²) in [6.07, 6.45) is 0. The number of nitrogens with zero attached hydrogens (tertiary/aromatic N) is 1. The van der Waals surface area contributed by atoms with Crippen LogP contribution < -0.4 is 10.1 Å². The van der Waals surface area contributed by atoms with Gasteiger partial charge in [-0.1, -0.05) is 41.1 Å². The van der Waals surface area contributed by atoms with Gasteiger partial charge in [-0.15, -0.1) is 0 Å². The number of anilines is 1. The molecule has 0 atom stereocenters. The Morgan fingerprint density at radius 1 is 1.22 bits per heavy atom. The molecular weight excluding hydrogens is 384 g/mol. The first-order valence-corrected chi connectivity index (χ1v) is 9.42. The Morgan fingerprint density at radius 2 is 2.07 bits per heavy atom. The van der Waals surface area contributed by atoms with Crippen LogP contribution in [0.5, 0.6) is 5.75 Å². The van der Waals surface area contributed by atoms with Crippen LogP contribution >= 0.6 is 22.9 Å². The Hall–Kier alpha value is -2.83. The van der Waals surface area contributed by atoms with Crippen molar-refractivity contribution in [2.45, 2.75) is 13.5 Å². The van der Waals surface area contributed by atoms with E-state index in [-0.39, 0.29) is 18.3 Å². The molecule has 7 heteroatoms. The third-order valence-electron chi connectivity index (χ3n) is 3.86. The number of carbonyl (C=O) groups is 1. The zero-order valence-electron chi connectivity index (χ0n) is 14.4. The highest BCUT2D eigenvalue weighted by Gasteiger charge is 2.14. The van der Waals surface area contributed by atoms with Crippen LogP contribution in [0.2, 0.25) is 5.02 Å². The SMILES string of the molecule is Cc1ccc2nc(NC(=O)c3ccc(COc4ccccc4Cl)o3)sc2c1. The van der Waals surface area contributed by atoms with Crippen molar-refractivity contribution in [3.05, 3.63) is 76.7 Å². The van der Waals surface area contributed by atoms with E-state index >= 15 is 0 Å². The number of amides is 1. The number of rotatable bonds is 5. The maximum absolute atomic E-state index is 12.4. The van der Waals surface area contributed by atoms with Crippen molar-refractivity contribution in [2.75, 3.05) is 5.32 Å². The van der Waals surface area contributed by atoms with E-state index in [2.05, 4.69) is 10.3 Å². The van der Waals surface area contributed by atoms with Gasteiger partial charge in [0.05, 0.1) is 15.2 Å². The van der Waals surface area contributed by atoms with Gasteiger partial charge in [0, 0.05) is 0 Å². The van der Waals surface area contributed by atoms with Crippen molar-refractivity contribution < 1.29 is 13.9 Å². The molecule has 0 aliphatic heterocycles. The molecule has 2 heterocycles. The van der Waals surface area contributed by atoms with Gasteiger partial charge in [-0.05, 0) is 48.9 Å². The fourth-order valence-corrected chi connectivity index (χ4v) is 3.68. The largest absolute Gasteiger partial charge is 0.484 e. The van der Waals surface area contributed by atoms with Gasteiger partial charge in [-0.2, -0.15) is 0 Å². The summed E-state index contributed by atoms with van der Waals surface area (Å²) in [5.74, 6) is 0.935. The number of carbonyl (C=O) groups excluding carboxylic acids is 1. The topological polar surface area (TPSA) is 64.4 Å². The molecule has 4 aromatic rings. The van der Waals surface area contributed by atoms with E-state index in [1.54, 1.807) is 24.3 Å². The number of furan rings is 1. The van der Waals surface area contributed by atoms with Crippen molar-refractivity contribution in [1.29, 1.82) is 0 Å². The zero-order valence-corrected chi connectivity index (χ0v) is 15.9. The predicted molar refractivity (Wildman–Crippen MR) is 107 cm³/mol. The quantitative estimate of drug-likeness (QED) is 0.469. The summed E-state index contributed by atoms with van der Waals surface area (Å²) in [7, 11) is 0. The summed E-state index contributed by atoms with van der Waals surface area (Å²) >= 11 is 7.48. The van der Waals surface area contributed by atoms with Crippen LogP contribution in [0.1, 0.15) is 21.9 Å². The molecule has 0 spiro atoms. The Morgan fingerprint density at radius 3 is 2.93 bits per heavy atom. The van der Waals surface area contributed by atoms with Gasteiger partial charge in [0.1, 0.15) is 18.1 Å². The van der Waals surface area contributed by atoms with Crippen molar-refractivity contribution in [2.24, 2.45) is 0 Å². The fourth-order valence-electron chi connectivity index (χ4n) is 2.53. The number of thiazole rings is 1. The zero-order chi connectivity index (χ0) is 18.8. The molecule has 5 nitrogen and oxygen atoms in total. The molecule has 2 aromatic carbocycles. The number of halogens is 1. The number of fused-ring (bicyclic) bond motifs is 1. The maximum atomic E-state index is 12.4. The maximum Gasteiger partial charge on any atom is 0.293 e. The van der Waals surface area contributed by atoms with Gasteiger partial charge in [-0.3, -0.25) is 10.1 Å². The lowest BCUT2D eigenvalue weighted by molar-refractivity contribution is 0.0992. The lowest BCUT2D eigenvalue weighted by Gasteiger charge is -2.05. The molecule has 0 fully saturated rings. The first-order chi connectivity index (χ1) is 13.1. The van der Waals surface area contributed by atoms with Crippen molar-refractivity contribution in [3.63, 3.8) is 0 Å². The number of ether oxygens (including phenoxy) is 1. The first-order valence-electron chi connectivity index (χ1n) is 8.23. The van der Waals surface area contributed by atoms with Crippen molar-refractivity contribution in [3.8, 4) is 5.75 Å². The number of hydrogen-bond donors (Lipinski definition) is 1. The normalized spacial score (nSPS) is 10.9. The third-order valence-corrected chi connectivity index (χ3v) is 5.10. The third kappa shape index (κ3) is 3.97. The van der Waals surface area contributed by atoms with Gasteiger partial charge in [-0.25, -0.2) is 4.98 Å². The van der Waals surface area contributed by atoms with Crippen LogP contribution in [-0.4, -0.2) is 10.9 Å². The molecule has 0 saturated carbocycles. The summed E-state index contributed by atoms with van der Waals surface area (Å²) in [4.78, 5) is 16.8. The highest BCUT2D eigenvalue weighted by atomic mass is 35.5. The second-order valence-corrected chi connectivity index (χ2v) is 7.37. The first kappa shape index (κ1) is 17.6. The highest BCUT2D eigenvalue weighted by molar-refractivity contribution is 7.22. The van der Waals surface area contributed by atoms with Crippen molar-refractivity contribution >= 4 is 44.2 Å². The molecule has 0 aliphatic carbocycles. The number of nitrogens with one attached hydrogen (secondary N) is 1. The van der Waals surface area contributed by atoms with Gasteiger partial charge in [0.15, 0.2) is 10.9 Å². The smallest absolute Gasteiger partial charge is 0.293 e. The summed E-state index contributed by atoms with van der Waals surface area (Å²) < 4.78 is 12.2. The molecule has 4 rings (SSSR count). The summed E-state index contributed by atoms with van der Waals surface area (Å²) in [5, 5.41) is 3.83. The Balaban J connectivity index is 1.42. The monoisotopic (exact) mass is 398 g/mol. The molecule has 0 aliphatic rings. The Labute approximate surface area is 164 Å². The summed E-state index contributed by atoms with van der Waals surface area (Å²) in [6, 6.07) is 16.5. The van der Waals surface area contributed by atoms with E-state index in [0.29, 0.717) is 21.7 Å². The van der Waals surface area contributed by atoms with E-state index in [1.807, 2.05) is 37.3 Å². The highest BCUT2D eigenvalue weighted by Crippen LogP contribution is 2.27. The van der Waals surface area contributed by atoms with Crippen LogP contribution in [0.4, 0.5) is 5.13 Å². The predicted octanol–water partition coefficient (Wildman–Crippen LogP) is 5.68. The van der Waals surface area contributed by atoms with Crippen LogP contribution in [0, 0.1) is 6.92 Å². The van der Waals surface area contributed by atoms with E-state index in [4.69, 9.17) is 20.8 Å². The fraction of sp³-hybridized carbons (Fsp3) is 0.100. The molecule has 0 saturated heterocycles. The average molecular weight is 399 g/mol. The summed E-state index contributed by atoms with van der Waals surface area (Å²) in [6.45, 7) is 2.20. The molecule has 27 heavy (non-hydrogen) atoms. The second-order valence-electron chi connectivity index (χ2n) is 5.93. The van der Waals surface area contributed by atoms with Gasteiger partial charge >= 0.3 is 0 Å². The van der Waals surface area contributed by atoms with Crippen LogP contribution in [-0.2, 0) is 6.61 Å². The average Bonchev–Trinajstić information content (AvgIpc) is 3.27. The lowest BCUT2D eigenvalue weighted by atomic mass is 10.2. The number of aryl methyl sites for hydroxylation is 1. The van der Waals surface area contributed by atoms with Gasteiger partial charge < -0.3 is 9.15 Å². The molecule has 1 amide bonds. The van der Waals surface area contributed by atoms with E-state index in [0.717, 1.165) is 15.8 Å². The molecule has 0 bridgehead atoms. The van der Waals surface area contributed by atoms with Crippen molar-refractivity contribution in [1.82, 2.24) is 4.98 Å². The number of hydrogen-bond acceptors (Lipinski definition) is 5. The minimum atomic E-state index is -0.352. The van der Waals surface area contributed by atoms with Crippen LogP contribution in [0.3, 0.4) is 0 Å². The molecule has 1 N–H and O–H groups in total. The van der Waals surface area contributed by atoms with E-state index in [9.17, 15) is 4.79 Å². The second kappa shape index (κ2) is 7.42. The minimum Gasteiger partial charge on any atom is -0.484 e. The number of aromatic nitrogens is 1. The molecule has 0 radical (unpaired) electrons. The Kier molecular flexibility index (Phi) is 4.83. The van der Waals surface area contributed by atoms with Crippen LogP contribution in [0.15, 0.2) is 59.0 Å². The summed E-state index contributed by atoms with van der Waals surface area (Å²) in [5.41, 5.74) is 2.01. The standard InChI is InChI=1S/C20H15ClN2O3S/c1-12-6-8-15-18(10-12)27-20(22-15)23-19(24)17-9-7-13(26-17)11-25-16-5-3-2-4-14(16)21/h2-10H,11H2,1H3,(H,22,23,24). The Bertz CT molecular complexity index is 1120.